The molecular weight excluding hydrogens is 176 g/mol. The first-order valence-electron chi connectivity index (χ1n) is 3.61. The van der Waals surface area contributed by atoms with Crippen molar-refractivity contribution in [3.63, 3.8) is 0 Å². The highest BCUT2D eigenvalue weighted by Gasteiger charge is 2.08. The number of aliphatic hydroxyl groups is 2. The number of hydrogen-bond acceptors (Lipinski definition) is 5. The normalized spacial score (nSPS) is 12.5. The lowest BCUT2D eigenvalue weighted by Crippen LogP contribution is -2.14. The molecule has 0 aromatic carbocycles. The zero-order valence-electron chi connectivity index (χ0n) is 7.01. The molecule has 0 saturated carbocycles. The third-order valence-electron chi connectivity index (χ3n) is 1.27. The van der Waals surface area contributed by atoms with E-state index in [0.29, 0.717) is 0 Å². The first kappa shape index (κ1) is 9.62. The predicted molar refractivity (Wildman–Crippen MR) is 42.7 cm³/mol. The van der Waals surface area contributed by atoms with Crippen molar-refractivity contribution in [2.24, 2.45) is 0 Å². The highest BCUT2D eigenvalue weighted by atomic mass is 16.3. The van der Waals surface area contributed by atoms with Crippen molar-refractivity contribution in [3.8, 4) is 0 Å². The van der Waals surface area contributed by atoms with Gasteiger partial charge in [0.2, 0.25) is 11.9 Å². The van der Waals surface area contributed by atoms with Crippen LogP contribution in [0.5, 0.6) is 0 Å². The number of amides is 1. The maximum absolute atomic E-state index is 10.5. The number of aromatic nitrogens is 3. The van der Waals surface area contributed by atoms with Crippen LogP contribution in [0.2, 0.25) is 0 Å². The number of aliphatic hydroxyl groups excluding tert-OH is 2. The second kappa shape index (κ2) is 3.97. The van der Waals surface area contributed by atoms with Gasteiger partial charge in [-0.25, -0.2) is 9.67 Å². The Morgan fingerprint density at radius 1 is 1.85 bits per heavy atom. The molecule has 0 aliphatic heterocycles. The van der Waals surface area contributed by atoms with E-state index in [1.165, 1.54) is 13.3 Å². The molecule has 7 nitrogen and oxygen atoms in total. The average molecular weight is 186 g/mol. The lowest BCUT2D eigenvalue weighted by Gasteiger charge is -2.04. The van der Waals surface area contributed by atoms with Crippen LogP contribution in [0.4, 0.5) is 5.95 Å². The zero-order valence-corrected chi connectivity index (χ0v) is 7.01. The van der Waals surface area contributed by atoms with Gasteiger partial charge >= 0.3 is 0 Å². The molecule has 0 unspecified atom stereocenters. The fourth-order valence-corrected chi connectivity index (χ4v) is 0.717. The van der Waals surface area contributed by atoms with Crippen molar-refractivity contribution in [1.29, 1.82) is 0 Å². The van der Waals surface area contributed by atoms with Gasteiger partial charge in [-0.1, -0.05) is 0 Å². The minimum Gasteiger partial charge on any atom is -0.392 e. The molecule has 7 heteroatoms. The van der Waals surface area contributed by atoms with Crippen LogP contribution in [0.1, 0.15) is 13.2 Å². The summed E-state index contributed by atoms with van der Waals surface area (Å²) in [6, 6.07) is 0. The molecule has 0 aliphatic carbocycles. The minimum atomic E-state index is -1.13. The first-order valence-corrected chi connectivity index (χ1v) is 3.61. The Labute approximate surface area is 74.0 Å². The van der Waals surface area contributed by atoms with Crippen LogP contribution in [-0.4, -0.2) is 37.5 Å². The van der Waals surface area contributed by atoms with E-state index in [0.717, 1.165) is 4.68 Å². The molecule has 0 saturated heterocycles. The van der Waals surface area contributed by atoms with Crippen LogP contribution < -0.4 is 5.32 Å². The van der Waals surface area contributed by atoms with Gasteiger partial charge in [0.1, 0.15) is 6.33 Å². The van der Waals surface area contributed by atoms with Crippen molar-refractivity contribution in [3.05, 3.63) is 6.33 Å². The fraction of sp³-hybridized carbons (Fsp3) is 0.500. The van der Waals surface area contributed by atoms with Crippen LogP contribution in [-0.2, 0) is 4.79 Å². The summed E-state index contributed by atoms with van der Waals surface area (Å²) in [5.74, 6) is -0.198. The SMILES string of the molecule is CC(=O)Nc1ncn([C@@H](O)CO)n1. The first-order chi connectivity index (χ1) is 6.13. The third-order valence-corrected chi connectivity index (χ3v) is 1.27. The highest BCUT2D eigenvalue weighted by Crippen LogP contribution is 2.01. The Bertz CT molecular complexity index is 298. The molecule has 1 heterocycles. The van der Waals surface area contributed by atoms with Crippen LogP contribution in [0.15, 0.2) is 6.33 Å². The van der Waals surface area contributed by atoms with E-state index in [1.54, 1.807) is 0 Å². The monoisotopic (exact) mass is 186 g/mol. The van der Waals surface area contributed by atoms with Crippen molar-refractivity contribution in [1.82, 2.24) is 14.8 Å². The van der Waals surface area contributed by atoms with Crippen LogP contribution >= 0.6 is 0 Å². The quantitative estimate of drug-likeness (QED) is 0.546. The van der Waals surface area contributed by atoms with Gasteiger partial charge in [-0.3, -0.25) is 10.1 Å². The second-order valence-electron chi connectivity index (χ2n) is 2.39. The van der Waals surface area contributed by atoms with E-state index in [2.05, 4.69) is 15.4 Å². The molecule has 3 N–H and O–H groups in total. The molecule has 0 aliphatic rings. The Balaban J connectivity index is 2.68. The molecule has 1 rings (SSSR count). The lowest BCUT2D eigenvalue weighted by molar-refractivity contribution is -0.114. The van der Waals surface area contributed by atoms with Gasteiger partial charge < -0.3 is 10.2 Å². The minimum absolute atomic E-state index is 0.0972. The van der Waals surface area contributed by atoms with Crippen LogP contribution in [0, 0.1) is 0 Å². The van der Waals surface area contributed by atoms with Gasteiger partial charge in [-0.15, -0.1) is 5.10 Å². The number of nitrogens with zero attached hydrogens (tertiary/aromatic N) is 3. The van der Waals surface area contributed by atoms with Crippen molar-refractivity contribution in [2.45, 2.75) is 13.2 Å². The zero-order chi connectivity index (χ0) is 9.84. The topological polar surface area (TPSA) is 100 Å². The highest BCUT2D eigenvalue weighted by molar-refractivity contribution is 5.86. The Kier molecular flexibility index (Phi) is 2.93. The summed E-state index contributed by atoms with van der Waals surface area (Å²) < 4.78 is 1.05. The van der Waals surface area contributed by atoms with Gasteiger partial charge in [0.25, 0.3) is 0 Å². The van der Waals surface area contributed by atoms with Gasteiger partial charge in [0.15, 0.2) is 6.23 Å². The molecule has 0 bridgehead atoms. The number of anilines is 1. The van der Waals surface area contributed by atoms with Gasteiger partial charge in [-0.2, -0.15) is 0 Å². The van der Waals surface area contributed by atoms with E-state index in [4.69, 9.17) is 10.2 Å². The summed E-state index contributed by atoms with van der Waals surface area (Å²) in [5.41, 5.74) is 0. The van der Waals surface area contributed by atoms with Gasteiger partial charge in [0, 0.05) is 6.92 Å². The Morgan fingerprint density at radius 3 is 3.08 bits per heavy atom. The average Bonchev–Trinajstić information content (AvgIpc) is 2.50. The van der Waals surface area contributed by atoms with Crippen molar-refractivity contribution < 1.29 is 15.0 Å². The van der Waals surface area contributed by atoms with E-state index >= 15 is 0 Å². The summed E-state index contributed by atoms with van der Waals surface area (Å²) in [6.07, 6.45) is 0.0848. The number of carbonyl (C=O) groups is 1. The molecule has 1 aromatic heterocycles. The van der Waals surface area contributed by atoms with E-state index in [-0.39, 0.29) is 11.9 Å². The summed E-state index contributed by atoms with van der Waals surface area (Å²) in [4.78, 5) is 14.2. The van der Waals surface area contributed by atoms with Gasteiger partial charge in [0.05, 0.1) is 6.61 Å². The molecule has 0 fully saturated rings. The van der Waals surface area contributed by atoms with Crippen LogP contribution in [0.3, 0.4) is 0 Å². The lowest BCUT2D eigenvalue weighted by atomic mass is 10.6. The smallest absolute Gasteiger partial charge is 0.248 e. The number of rotatable bonds is 3. The third kappa shape index (κ3) is 2.49. The standard InChI is InChI=1S/C6H10N4O3/c1-4(12)8-6-7-3-10(9-6)5(13)2-11/h3,5,11,13H,2H2,1H3,(H,8,9,12)/t5-/m0/s1. The largest absolute Gasteiger partial charge is 0.392 e. The van der Waals surface area contributed by atoms with Crippen molar-refractivity contribution >= 4 is 11.9 Å². The number of hydrogen-bond donors (Lipinski definition) is 3. The van der Waals surface area contributed by atoms with Gasteiger partial charge in [-0.05, 0) is 0 Å². The Morgan fingerprint density at radius 2 is 2.54 bits per heavy atom. The fourth-order valence-electron chi connectivity index (χ4n) is 0.717. The molecule has 1 atom stereocenters. The maximum atomic E-state index is 10.5. The second-order valence-corrected chi connectivity index (χ2v) is 2.39. The van der Waals surface area contributed by atoms with Crippen molar-refractivity contribution in [2.75, 3.05) is 11.9 Å². The maximum Gasteiger partial charge on any atom is 0.248 e. The summed E-state index contributed by atoms with van der Waals surface area (Å²) in [7, 11) is 0. The van der Waals surface area contributed by atoms with E-state index in [9.17, 15) is 4.79 Å². The molecule has 0 spiro atoms. The summed E-state index contributed by atoms with van der Waals surface area (Å²) in [5, 5.41) is 23.6. The molecule has 1 aromatic rings. The van der Waals surface area contributed by atoms with E-state index in [1.807, 2.05) is 0 Å². The summed E-state index contributed by atoms with van der Waals surface area (Å²) >= 11 is 0. The number of nitrogens with one attached hydrogen (secondary N) is 1. The van der Waals surface area contributed by atoms with E-state index < -0.39 is 12.8 Å². The molecule has 13 heavy (non-hydrogen) atoms. The molecule has 0 radical (unpaired) electrons. The molecular formula is C6H10N4O3. The Hall–Kier alpha value is -1.47. The number of carbonyl (C=O) groups excluding carboxylic acids is 1. The summed E-state index contributed by atoms with van der Waals surface area (Å²) in [6.45, 7) is 0.867. The predicted octanol–water partition coefficient (Wildman–Crippen LogP) is -1.28. The molecule has 1 amide bonds. The molecule has 72 valence electrons. The van der Waals surface area contributed by atoms with Crippen LogP contribution in [0.25, 0.3) is 0 Å².